The molecule has 40 heavy (non-hydrogen) atoms. The summed E-state index contributed by atoms with van der Waals surface area (Å²) >= 11 is 25.9. The van der Waals surface area contributed by atoms with Gasteiger partial charge in [0.05, 0.1) is 18.5 Å². The molecule has 2 atom stereocenters. The number of nitrogens with one attached hydrogen (secondary N) is 2. The van der Waals surface area contributed by atoms with Crippen molar-refractivity contribution in [2.24, 2.45) is 0 Å². The lowest BCUT2D eigenvalue weighted by molar-refractivity contribution is -0.136. The van der Waals surface area contributed by atoms with Crippen molar-refractivity contribution in [3.05, 3.63) is 67.6 Å². The second-order valence-electron chi connectivity index (χ2n) is 9.53. The summed E-state index contributed by atoms with van der Waals surface area (Å²) in [6.45, 7) is 4.66. The fourth-order valence-corrected chi connectivity index (χ4v) is 7.18. The molecule has 3 amide bonds. The second-order valence-corrected chi connectivity index (χ2v) is 12.5. The van der Waals surface area contributed by atoms with Crippen molar-refractivity contribution in [2.45, 2.75) is 30.0 Å². The van der Waals surface area contributed by atoms with Crippen LogP contribution in [0.25, 0.3) is 0 Å². The van der Waals surface area contributed by atoms with Gasteiger partial charge in [0, 0.05) is 58.3 Å². The quantitative estimate of drug-likeness (QED) is 0.341. The fraction of sp³-hybridized carbons (Fsp3) is 0.444. The Morgan fingerprint density at radius 2 is 1.68 bits per heavy atom. The Hall–Kier alpha value is -1.72. The van der Waals surface area contributed by atoms with Gasteiger partial charge in [0.1, 0.15) is 11.9 Å². The molecule has 0 aliphatic carbocycles. The number of amides is 3. The molecule has 2 aliphatic rings. The molecule has 4 rings (SSSR count). The smallest absolute Gasteiger partial charge is 0.239 e. The Morgan fingerprint density at radius 3 is 2.38 bits per heavy atom. The molecule has 2 aromatic rings. The Labute approximate surface area is 258 Å². The van der Waals surface area contributed by atoms with Gasteiger partial charge in [-0.1, -0.05) is 52.5 Å². The molecule has 0 bridgehead atoms. The average Bonchev–Trinajstić information content (AvgIpc) is 3.19. The van der Waals surface area contributed by atoms with Crippen molar-refractivity contribution in [2.75, 3.05) is 45.9 Å². The van der Waals surface area contributed by atoms with E-state index in [1.807, 2.05) is 0 Å². The molecule has 13 heteroatoms. The first-order valence-electron chi connectivity index (χ1n) is 12.9. The van der Waals surface area contributed by atoms with Crippen LogP contribution in [0.15, 0.2) is 36.4 Å². The van der Waals surface area contributed by atoms with Crippen molar-refractivity contribution < 1.29 is 19.1 Å². The lowest BCUT2D eigenvalue weighted by Crippen LogP contribution is -2.42. The van der Waals surface area contributed by atoms with E-state index in [-0.39, 0.29) is 37.2 Å². The zero-order valence-electron chi connectivity index (χ0n) is 21.6. The summed E-state index contributed by atoms with van der Waals surface area (Å²) in [6.07, 6.45) is 0.735. The number of rotatable bonds is 11. The molecule has 0 spiro atoms. The largest absolute Gasteiger partial charge is 0.379 e. The molecule has 2 aliphatic heterocycles. The Kier molecular flexibility index (Phi) is 11.7. The highest BCUT2D eigenvalue weighted by Gasteiger charge is 2.43. The Balaban J connectivity index is 1.36. The monoisotopic (exact) mass is 646 g/mol. The molecule has 2 fully saturated rings. The van der Waals surface area contributed by atoms with Crippen LogP contribution >= 0.6 is 58.2 Å². The number of hydrogen-bond donors (Lipinski definition) is 2. The van der Waals surface area contributed by atoms with Crippen molar-refractivity contribution in [3.63, 3.8) is 0 Å². The summed E-state index contributed by atoms with van der Waals surface area (Å²) < 4.78 is 5.36. The molecule has 2 N–H and O–H groups in total. The van der Waals surface area contributed by atoms with E-state index < -0.39 is 10.6 Å². The van der Waals surface area contributed by atoms with Gasteiger partial charge in [0.15, 0.2) is 0 Å². The zero-order chi connectivity index (χ0) is 28.6. The lowest BCUT2D eigenvalue weighted by atomic mass is 10.1. The topological polar surface area (TPSA) is 91.0 Å². The number of thioether (sulfide) groups is 1. The van der Waals surface area contributed by atoms with E-state index in [2.05, 4.69) is 15.5 Å². The molecule has 216 valence electrons. The van der Waals surface area contributed by atoms with E-state index in [4.69, 9.17) is 51.1 Å². The number of ether oxygens (including phenoxy) is 1. The molecule has 0 saturated carbocycles. The fourth-order valence-electron chi connectivity index (χ4n) is 4.55. The van der Waals surface area contributed by atoms with Crippen LogP contribution < -0.4 is 10.6 Å². The van der Waals surface area contributed by atoms with Crippen molar-refractivity contribution in [1.29, 1.82) is 0 Å². The summed E-state index contributed by atoms with van der Waals surface area (Å²) in [5.74, 6) is -0.878. The van der Waals surface area contributed by atoms with Gasteiger partial charge in [0.2, 0.25) is 17.7 Å². The third-order valence-corrected chi connectivity index (χ3v) is 9.00. The van der Waals surface area contributed by atoms with Crippen LogP contribution in [0.5, 0.6) is 0 Å². The predicted molar refractivity (Wildman–Crippen MR) is 160 cm³/mol. The first kappa shape index (κ1) is 31.2. The molecular formula is C27H30Cl4N4O4S. The molecule has 2 heterocycles. The van der Waals surface area contributed by atoms with Gasteiger partial charge in [-0.05, 0) is 48.9 Å². The number of morpholine rings is 1. The van der Waals surface area contributed by atoms with Crippen molar-refractivity contribution in [1.82, 2.24) is 20.4 Å². The minimum atomic E-state index is -0.686. The lowest BCUT2D eigenvalue weighted by Gasteiger charge is -2.26. The first-order chi connectivity index (χ1) is 19.2. The molecule has 2 aromatic carbocycles. The minimum Gasteiger partial charge on any atom is -0.379 e. The van der Waals surface area contributed by atoms with Gasteiger partial charge in [-0.15, -0.1) is 11.8 Å². The zero-order valence-corrected chi connectivity index (χ0v) is 25.5. The maximum absolute atomic E-state index is 13.5. The maximum Gasteiger partial charge on any atom is 0.239 e. The van der Waals surface area contributed by atoms with E-state index in [0.29, 0.717) is 32.2 Å². The number of hydrogen-bond acceptors (Lipinski definition) is 6. The molecule has 0 aromatic heterocycles. The molecular weight excluding hydrogens is 618 g/mol. The van der Waals surface area contributed by atoms with E-state index in [1.54, 1.807) is 36.4 Å². The number of carbonyl (C=O) groups is 3. The Bertz CT molecular complexity index is 1210. The predicted octanol–water partition coefficient (Wildman–Crippen LogP) is 4.79. The number of nitrogens with zero attached hydrogens (tertiary/aromatic N) is 2. The van der Waals surface area contributed by atoms with Gasteiger partial charge in [0.25, 0.3) is 0 Å². The van der Waals surface area contributed by atoms with Crippen LogP contribution in [0.3, 0.4) is 0 Å². The molecule has 0 unspecified atom stereocenters. The van der Waals surface area contributed by atoms with E-state index in [1.165, 1.54) is 16.7 Å². The number of benzene rings is 2. The van der Waals surface area contributed by atoms with Gasteiger partial charge in [-0.3, -0.25) is 19.3 Å². The van der Waals surface area contributed by atoms with Crippen LogP contribution in [0.1, 0.15) is 29.3 Å². The number of halogens is 4. The van der Waals surface area contributed by atoms with Gasteiger partial charge >= 0.3 is 0 Å². The van der Waals surface area contributed by atoms with Crippen LogP contribution in [0.4, 0.5) is 0 Å². The normalized spacial score (nSPS) is 19.6. The average molecular weight is 648 g/mol. The summed E-state index contributed by atoms with van der Waals surface area (Å²) in [5, 5.41) is 6.29. The van der Waals surface area contributed by atoms with Crippen molar-refractivity contribution in [3.8, 4) is 0 Å². The van der Waals surface area contributed by atoms with Crippen LogP contribution in [-0.4, -0.2) is 78.7 Å². The van der Waals surface area contributed by atoms with Gasteiger partial charge in [-0.25, -0.2) is 0 Å². The minimum absolute atomic E-state index is 0.0584. The summed E-state index contributed by atoms with van der Waals surface area (Å²) in [5.41, 5.74) is 1.40. The van der Waals surface area contributed by atoms with Crippen LogP contribution in [-0.2, 0) is 25.7 Å². The highest BCUT2D eigenvalue weighted by Crippen LogP contribution is 2.46. The van der Waals surface area contributed by atoms with Crippen molar-refractivity contribution >= 4 is 75.9 Å². The SMILES string of the molecule is O=C(C[C@H]1S[C@H](c2ccc(Cl)cc2Cl)N(CC(=O)NCCCN2CCOCC2)C1=O)NCc1cc(Cl)cc(Cl)c1. The highest BCUT2D eigenvalue weighted by atomic mass is 35.5. The molecule has 2 saturated heterocycles. The van der Waals surface area contributed by atoms with Crippen LogP contribution in [0.2, 0.25) is 20.1 Å². The van der Waals surface area contributed by atoms with Gasteiger partial charge in [-0.2, -0.15) is 0 Å². The summed E-state index contributed by atoms with van der Waals surface area (Å²) in [4.78, 5) is 42.9. The number of carbonyl (C=O) groups excluding carboxylic acids is 3. The standard InChI is InChI=1S/C27H30Cl4N4O4S/c28-18-2-3-21(22(31)13-18)27-35(16-25(37)32-4-1-5-34-6-8-39-9-7-34)26(38)23(40-27)14-24(36)33-15-17-10-19(29)12-20(30)11-17/h2-3,10-13,23,27H,1,4-9,14-16H2,(H,32,37)(H,33,36)/t23-,27-/m1/s1. The van der Waals surface area contributed by atoms with Crippen LogP contribution in [0, 0.1) is 0 Å². The molecule has 8 nitrogen and oxygen atoms in total. The van der Waals surface area contributed by atoms with E-state index in [9.17, 15) is 14.4 Å². The highest BCUT2D eigenvalue weighted by molar-refractivity contribution is 8.01. The summed E-state index contributed by atoms with van der Waals surface area (Å²) in [7, 11) is 0. The first-order valence-corrected chi connectivity index (χ1v) is 15.3. The van der Waals surface area contributed by atoms with Gasteiger partial charge < -0.3 is 20.3 Å². The maximum atomic E-state index is 13.5. The Morgan fingerprint density at radius 1 is 0.950 bits per heavy atom. The second kappa shape index (κ2) is 15.0. The van der Waals surface area contributed by atoms with E-state index >= 15 is 0 Å². The summed E-state index contributed by atoms with van der Waals surface area (Å²) in [6, 6.07) is 10.1. The third kappa shape index (κ3) is 8.89. The third-order valence-electron chi connectivity index (χ3n) is 6.54. The molecule has 0 radical (unpaired) electrons. The van der Waals surface area contributed by atoms with E-state index in [0.717, 1.165) is 44.8 Å².